The van der Waals surface area contributed by atoms with Gasteiger partial charge in [0.25, 0.3) is 0 Å². The highest BCUT2D eigenvalue weighted by Crippen LogP contribution is 2.54. The van der Waals surface area contributed by atoms with Gasteiger partial charge in [0, 0.05) is 5.92 Å². The maximum absolute atomic E-state index is 6.26. The topological polar surface area (TPSA) is 64.9 Å². The van der Waals surface area contributed by atoms with Crippen LogP contribution in [0.1, 0.15) is 80.1 Å². The summed E-state index contributed by atoms with van der Waals surface area (Å²) in [6, 6.07) is 8.96. The highest BCUT2D eigenvalue weighted by molar-refractivity contribution is 5.85. The van der Waals surface area contributed by atoms with E-state index in [1.165, 1.54) is 11.1 Å². The molecular weight excluding hydrogens is 310 g/mol. The summed E-state index contributed by atoms with van der Waals surface area (Å²) in [7, 11) is 0. The van der Waals surface area contributed by atoms with Gasteiger partial charge in [-0.05, 0) is 48.6 Å². The van der Waals surface area contributed by atoms with Crippen molar-refractivity contribution in [2.45, 2.75) is 62.8 Å². The Balaban J connectivity index is 0.00000156. The average Bonchev–Trinajstić information content (AvgIpc) is 3.13. The van der Waals surface area contributed by atoms with Crippen molar-refractivity contribution in [3.8, 4) is 0 Å². The van der Waals surface area contributed by atoms with Crippen molar-refractivity contribution in [2.75, 3.05) is 0 Å². The summed E-state index contributed by atoms with van der Waals surface area (Å²) in [4.78, 5) is 4.58. The quantitative estimate of drug-likeness (QED) is 0.909. The molecule has 23 heavy (non-hydrogen) atoms. The fraction of sp³-hybridized carbons (Fsp3) is 0.556. The smallest absolute Gasteiger partial charge is 0.230 e. The second kappa shape index (κ2) is 5.91. The standard InChI is InChI=1S/C18H23N3O.ClH/c1-11(2)12-4-6-13(7-5-12)14-10-15(14)16-20-17(21-22-16)18(19)8-3-9-18;/h4-7,11,14-15H,3,8-10,19H2,1-2H3;1H. The summed E-state index contributed by atoms with van der Waals surface area (Å²) in [5, 5.41) is 4.13. The lowest BCUT2D eigenvalue weighted by atomic mass is 9.77. The van der Waals surface area contributed by atoms with Crippen LogP contribution in [-0.4, -0.2) is 10.1 Å². The summed E-state index contributed by atoms with van der Waals surface area (Å²) in [6.07, 6.45) is 4.20. The first kappa shape index (κ1) is 16.5. The molecule has 4 rings (SSSR count). The average molecular weight is 334 g/mol. The van der Waals surface area contributed by atoms with Gasteiger partial charge >= 0.3 is 0 Å². The van der Waals surface area contributed by atoms with E-state index < -0.39 is 0 Å². The van der Waals surface area contributed by atoms with Crippen LogP contribution < -0.4 is 5.73 Å². The van der Waals surface area contributed by atoms with Crippen molar-refractivity contribution in [3.63, 3.8) is 0 Å². The second-order valence-electron chi connectivity index (χ2n) is 7.24. The van der Waals surface area contributed by atoms with Gasteiger partial charge in [-0.25, -0.2) is 0 Å². The van der Waals surface area contributed by atoms with Crippen molar-refractivity contribution in [3.05, 3.63) is 47.1 Å². The lowest BCUT2D eigenvalue weighted by molar-refractivity contribution is 0.229. The predicted octanol–water partition coefficient (Wildman–Crippen LogP) is 4.22. The van der Waals surface area contributed by atoms with Crippen molar-refractivity contribution in [1.29, 1.82) is 0 Å². The zero-order chi connectivity index (χ0) is 15.3. The summed E-state index contributed by atoms with van der Waals surface area (Å²) < 4.78 is 5.48. The lowest BCUT2D eigenvalue weighted by Crippen LogP contribution is -2.44. The molecule has 2 saturated carbocycles. The van der Waals surface area contributed by atoms with Gasteiger partial charge < -0.3 is 10.3 Å². The van der Waals surface area contributed by atoms with Crippen LogP contribution in [0.4, 0.5) is 0 Å². The number of aromatic nitrogens is 2. The molecule has 0 amide bonds. The molecule has 2 fully saturated rings. The molecule has 0 saturated heterocycles. The summed E-state index contributed by atoms with van der Waals surface area (Å²) in [6.45, 7) is 4.44. The molecule has 1 heterocycles. The van der Waals surface area contributed by atoms with Gasteiger partial charge in [0.15, 0.2) is 5.82 Å². The molecule has 2 aliphatic carbocycles. The number of benzene rings is 1. The molecule has 1 aromatic carbocycles. The molecule has 4 nitrogen and oxygen atoms in total. The number of hydrogen-bond donors (Lipinski definition) is 1. The van der Waals surface area contributed by atoms with Gasteiger partial charge in [-0.3, -0.25) is 0 Å². The van der Waals surface area contributed by atoms with Crippen LogP contribution >= 0.6 is 12.4 Å². The van der Waals surface area contributed by atoms with E-state index in [-0.39, 0.29) is 17.9 Å². The first-order valence-corrected chi connectivity index (χ1v) is 8.30. The number of rotatable bonds is 4. The minimum Gasteiger partial charge on any atom is -0.339 e. The molecule has 0 aliphatic heterocycles. The van der Waals surface area contributed by atoms with Crippen LogP contribution in [0, 0.1) is 0 Å². The van der Waals surface area contributed by atoms with Crippen molar-refractivity contribution < 1.29 is 4.52 Å². The Morgan fingerprint density at radius 3 is 2.43 bits per heavy atom. The Labute approximate surface area is 143 Å². The molecule has 1 aromatic heterocycles. The fourth-order valence-corrected chi connectivity index (χ4v) is 3.33. The molecular formula is C18H24ClN3O. The first-order chi connectivity index (χ1) is 10.6. The molecule has 2 atom stereocenters. The van der Waals surface area contributed by atoms with Gasteiger partial charge in [-0.2, -0.15) is 4.98 Å². The van der Waals surface area contributed by atoms with E-state index in [2.05, 4.69) is 48.3 Å². The van der Waals surface area contributed by atoms with Crippen molar-refractivity contribution >= 4 is 12.4 Å². The van der Waals surface area contributed by atoms with Crippen LogP contribution in [0.25, 0.3) is 0 Å². The molecule has 2 aromatic rings. The zero-order valence-corrected chi connectivity index (χ0v) is 14.5. The molecule has 0 bridgehead atoms. The normalized spacial score (nSPS) is 24.9. The van der Waals surface area contributed by atoms with E-state index in [4.69, 9.17) is 10.3 Å². The molecule has 2 N–H and O–H groups in total. The lowest BCUT2D eigenvalue weighted by Gasteiger charge is -2.34. The minimum absolute atomic E-state index is 0. The Bertz CT molecular complexity index is 676. The van der Waals surface area contributed by atoms with E-state index in [9.17, 15) is 0 Å². The Morgan fingerprint density at radius 2 is 1.87 bits per heavy atom. The summed E-state index contributed by atoms with van der Waals surface area (Å²) in [5.74, 6) is 2.93. The molecule has 2 unspecified atom stereocenters. The van der Waals surface area contributed by atoms with Crippen LogP contribution in [-0.2, 0) is 5.54 Å². The van der Waals surface area contributed by atoms with Gasteiger partial charge in [-0.15, -0.1) is 12.4 Å². The van der Waals surface area contributed by atoms with Crippen LogP contribution in [0.2, 0.25) is 0 Å². The zero-order valence-electron chi connectivity index (χ0n) is 13.7. The van der Waals surface area contributed by atoms with Gasteiger partial charge in [-0.1, -0.05) is 43.3 Å². The second-order valence-corrected chi connectivity index (χ2v) is 7.24. The van der Waals surface area contributed by atoms with Gasteiger partial charge in [0.2, 0.25) is 5.89 Å². The van der Waals surface area contributed by atoms with Gasteiger partial charge in [0.05, 0.1) is 5.54 Å². The molecule has 2 aliphatic rings. The third-order valence-corrected chi connectivity index (χ3v) is 5.27. The summed E-state index contributed by atoms with van der Waals surface area (Å²) in [5.41, 5.74) is 8.70. The van der Waals surface area contributed by atoms with Crippen LogP contribution in [0.15, 0.2) is 28.8 Å². The Hall–Kier alpha value is -1.39. The van der Waals surface area contributed by atoms with Crippen LogP contribution in [0.5, 0.6) is 0 Å². The number of nitrogens with zero attached hydrogens (tertiary/aromatic N) is 2. The molecule has 5 heteroatoms. The largest absolute Gasteiger partial charge is 0.339 e. The maximum atomic E-state index is 6.26. The third-order valence-electron chi connectivity index (χ3n) is 5.27. The molecule has 124 valence electrons. The minimum atomic E-state index is -0.328. The molecule has 0 radical (unpaired) electrons. The maximum Gasteiger partial charge on any atom is 0.230 e. The highest BCUT2D eigenvalue weighted by Gasteiger charge is 2.46. The van der Waals surface area contributed by atoms with E-state index in [1.807, 2.05) is 0 Å². The third kappa shape index (κ3) is 2.90. The SMILES string of the molecule is CC(C)c1ccc(C2CC2c2nc(C3(N)CCC3)no2)cc1.Cl. The number of nitrogens with two attached hydrogens (primary N) is 1. The van der Waals surface area contributed by atoms with E-state index in [0.29, 0.717) is 23.6 Å². The Kier molecular flexibility index (Phi) is 4.23. The van der Waals surface area contributed by atoms with Gasteiger partial charge in [0.1, 0.15) is 0 Å². The van der Waals surface area contributed by atoms with E-state index in [1.54, 1.807) is 0 Å². The van der Waals surface area contributed by atoms with E-state index >= 15 is 0 Å². The highest BCUT2D eigenvalue weighted by atomic mass is 35.5. The summed E-state index contributed by atoms with van der Waals surface area (Å²) >= 11 is 0. The number of hydrogen-bond acceptors (Lipinski definition) is 4. The first-order valence-electron chi connectivity index (χ1n) is 8.30. The predicted molar refractivity (Wildman–Crippen MR) is 91.9 cm³/mol. The number of halogens is 1. The van der Waals surface area contributed by atoms with Crippen molar-refractivity contribution in [2.24, 2.45) is 5.73 Å². The molecule has 0 spiro atoms. The monoisotopic (exact) mass is 333 g/mol. The fourth-order valence-electron chi connectivity index (χ4n) is 3.33. The van der Waals surface area contributed by atoms with E-state index in [0.717, 1.165) is 31.6 Å². The van der Waals surface area contributed by atoms with Crippen molar-refractivity contribution in [1.82, 2.24) is 10.1 Å². The Morgan fingerprint density at radius 1 is 1.17 bits per heavy atom. The van der Waals surface area contributed by atoms with Crippen LogP contribution in [0.3, 0.4) is 0 Å².